The van der Waals surface area contributed by atoms with Gasteiger partial charge in [-0.25, -0.2) is 0 Å². The Balaban J connectivity index is 2.04. The number of amides is 1. The van der Waals surface area contributed by atoms with Gasteiger partial charge < -0.3 is 10.6 Å². The topological polar surface area (TPSA) is 41.1 Å². The molecule has 3 nitrogen and oxygen atoms in total. The number of carbonyl (C=O) groups excluding carboxylic acids is 1. The molecule has 0 aliphatic carbocycles. The highest BCUT2D eigenvalue weighted by molar-refractivity contribution is 5.94. The van der Waals surface area contributed by atoms with E-state index in [1.165, 1.54) is 0 Å². The third kappa shape index (κ3) is 2.36. The molecule has 1 atom stereocenters. The Bertz CT molecular complexity index is 342. The molecule has 1 aliphatic rings. The van der Waals surface area contributed by atoms with Crippen LogP contribution >= 0.6 is 0 Å². The third-order valence-corrected chi connectivity index (χ3v) is 2.82. The summed E-state index contributed by atoms with van der Waals surface area (Å²) >= 11 is 0. The Morgan fingerprint density at radius 3 is 2.73 bits per heavy atom. The standard InChI is InChI=1S/C12H16N2O/c1-12(7-8-13-9-12)14-11(15)10-5-3-2-4-6-10/h2-6,13H,7-9H2,1H3,(H,14,15). The van der Waals surface area contributed by atoms with E-state index < -0.39 is 0 Å². The van der Waals surface area contributed by atoms with E-state index in [0.717, 1.165) is 25.1 Å². The van der Waals surface area contributed by atoms with E-state index in [1.54, 1.807) is 0 Å². The van der Waals surface area contributed by atoms with E-state index in [0.29, 0.717) is 0 Å². The molecule has 0 radical (unpaired) electrons. The molecule has 0 aromatic heterocycles. The van der Waals surface area contributed by atoms with Crippen molar-refractivity contribution in [3.05, 3.63) is 35.9 Å². The van der Waals surface area contributed by atoms with Crippen molar-refractivity contribution in [3.63, 3.8) is 0 Å². The lowest BCUT2D eigenvalue weighted by molar-refractivity contribution is 0.0913. The minimum absolute atomic E-state index is 0.0156. The number of hydrogen-bond donors (Lipinski definition) is 2. The summed E-state index contributed by atoms with van der Waals surface area (Å²) in [5.41, 5.74) is 0.637. The summed E-state index contributed by atoms with van der Waals surface area (Å²) in [5, 5.41) is 6.33. The van der Waals surface area contributed by atoms with Crippen LogP contribution in [0.25, 0.3) is 0 Å². The summed E-state index contributed by atoms with van der Waals surface area (Å²) in [6, 6.07) is 9.34. The zero-order chi connectivity index (χ0) is 10.7. The highest BCUT2D eigenvalue weighted by Crippen LogP contribution is 2.14. The molecule has 1 aromatic rings. The minimum atomic E-state index is -0.0904. The third-order valence-electron chi connectivity index (χ3n) is 2.82. The number of rotatable bonds is 2. The first-order valence-electron chi connectivity index (χ1n) is 5.28. The molecule has 80 valence electrons. The van der Waals surface area contributed by atoms with Crippen molar-refractivity contribution in [3.8, 4) is 0 Å². The fourth-order valence-corrected chi connectivity index (χ4v) is 1.86. The molecule has 0 saturated carbocycles. The average molecular weight is 204 g/mol. The van der Waals surface area contributed by atoms with E-state index in [4.69, 9.17) is 0 Å². The van der Waals surface area contributed by atoms with Crippen LogP contribution < -0.4 is 10.6 Å². The fraction of sp³-hybridized carbons (Fsp3) is 0.417. The summed E-state index contributed by atoms with van der Waals surface area (Å²) < 4.78 is 0. The summed E-state index contributed by atoms with van der Waals surface area (Å²) in [7, 11) is 0. The zero-order valence-corrected chi connectivity index (χ0v) is 8.92. The lowest BCUT2D eigenvalue weighted by Gasteiger charge is -2.24. The Hall–Kier alpha value is -1.35. The normalized spacial score (nSPS) is 25.1. The summed E-state index contributed by atoms with van der Waals surface area (Å²) in [4.78, 5) is 11.9. The molecule has 1 aromatic carbocycles. The van der Waals surface area contributed by atoms with Gasteiger partial charge >= 0.3 is 0 Å². The van der Waals surface area contributed by atoms with Gasteiger partial charge in [0.05, 0.1) is 5.54 Å². The van der Waals surface area contributed by atoms with Gasteiger partial charge in [-0.15, -0.1) is 0 Å². The van der Waals surface area contributed by atoms with E-state index in [9.17, 15) is 4.79 Å². The van der Waals surface area contributed by atoms with Crippen LogP contribution in [0, 0.1) is 0 Å². The molecule has 0 bridgehead atoms. The molecular weight excluding hydrogens is 188 g/mol. The lowest BCUT2D eigenvalue weighted by Crippen LogP contribution is -2.47. The van der Waals surface area contributed by atoms with Crippen molar-refractivity contribution >= 4 is 5.91 Å². The quantitative estimate of drug-likeness (QED) is 0.759. The maximum Gasteiger partial charge on any atom is 0.251 e. The number of nitrogens with one attached hydrogen (secondary N) is 2. The minimum Gasteiger partial charge on any atom is -0.346 e. The van der Waals surface area contributed by atoms with Crippen LogP contribution in [-0.4, -0.2) is 24.5 Å². The van der Waals surface area contributed by atoms with Crippen molar-refractivity contribution in [2.75, 3.05) is 13.1 Å². The predicted octanol–water partition coefficient (Wildman–Crippen LogP) is 1.17. The van der Waals surface area contributed by atoms with Gasteiger partial charge in [-0.3, -0.25) is 4.79 Å². The molecule has 0 spiro atoms. The van der Waals surface area contributed by atoms with Crippen molar-refractivity contribution in [2.24, 2.45) is 0 Å². The number of benzene rings is 1. The van der Waals surface area contributed by atoms with E-state index >= 15 is 0 Å². The maximum absolute atomic E-state index is 11.9. The van der Waals surface area contributed by atoms with Gasteiger partial charge in [-0.05, 0) is 32.0 Å². The maximum atomic E-state index is 11.9. The first-order chi connectivity index (χ1) is 7.20. The van der Waals surface area contributed by atoms with Crippen LogP contribution in [0.2, 0.25) is 0 Å². The molecule has 1 unspecified atom stereocenters. The van der Waals surface area contributed by atoms with Crippen molar-refractivity contribution in [2.45, 2.75) is 18.9 Å². The summed E-state index contributed by atoms with van der Waals surface area (Å²) in [6.07, 6.45) is 0.992. The second-order valence-electron chi connectivity index (χ2n) is 4.31. The van der Waals surface area contributed by atoms with Gasteiger partial charge in [-0.1, -0.05) is 18.2 Å². The van der Waals surface area contributed by atoms with E-state index in [2.05, 4.69) is 17.6 Å². The fourth-order valence-electron chi connectivity index (χ4n) is 1.86. The van der Waals surface area contributed by atoms with Crippen LogP contribution in [0.4, 0.5) is 0 Å². The molecular formula is C12H16N2O. The lowest BCUT2D eigenvalue weighted by atomic mass is 10.0. The first-order valence-corrected chi connectivity index (χ1v) is 5.28. The SMILES string of the molecule is CC1(NC(=O)c2ccccc2)CCNC1. The van der Waals surface area contributed by atoms with Gasteiger partial charge in [0.2, 0.25) is 0 Å². The Labute approximate surface area is 89.9 Å². The Kier molecular flexibility index (Phi) is 2.73. The molecule has 1 aliphatic heterocycles. The van der Waals surface area contributed by atoms with Crippen LogP contribution in [0.1, 0.15) is 23.7 Å². The highest BCUT2D eigenvalue weighted by Gasteiger charge is 2.30. The summed E-state index contributed by atoms with van der Waals surface area (Å²) in [6.45, 7) is 3.91. The highest BCUT2D eigenvalue weighted by atomic mass is 16.1. The van der Waals surface area contributed by atoms with E-state index in [-0.39, 0.29) is 11.4 Å². The van der Waals surface area contributed by atoms with Gasteiger partial charge in [0.1, 0.15) is 0 Å². The second-order valence-corrected chi connectivity index (χ2v) is 4.31. The molecule has 1 saturated heterocycles. The van der Waals surface area contributed by atoms with Gasteiger partial charge in [0, 0.05) is 12.1 Å². The summed E-state index contributed by atoms with van der Waals surface area (Å²) in [5.74, 6) is 0.0156. The van der Waals surface area contributed by atoms with Crippen LogP contribution in [0.15, 0.2) is 30.3 Å². The first kappa shape index (κ1) is 10.2. The largest absolute Gasteiger partial charge is 0.346 e. The molecule has 15 heavy (non-hydrogen) atoms. The van der Waals surface area contributed by atoms with Gasteiger partial charge in [0.25, 0.3) is 5.91 Å². The van der Waals surface area contributed by atoms with E-state index in [1.807, 2.05) is 30.3 Å². The van der Waals surface area contributed by atoms with Gasteiger partial charge in [0.15, 0.2) is 0 Å². The smallest absolute Gasteiger partial charge is 0.251 e. The second kappa shape index (κ2) is 4.03. The zero-order valence-electron chi connectivity index (χ0n) is 8.92. The number of hydrogen-bond acceptors (Lipinski definition) is 2. The molecule has 3 heteroatoms. The van der Waals surface area contributed by atoms with Crippen LogP contribution in [0.5, 0.6) is 0 Å². The predicted molar refractivity (Wildman–Crippen MR) is 59.8 cm³/mol. The molecule has 2 N–H and O–H groups in total. The average Bonchev–Trinajstić information content (AvgIpc) is 2.66. The molecule has 1 amide bonds. The Morgan fingerprint density at radius 1 is 1.40 bits per heavy atom. The van der Waals surface area contributed by atoms with Crippen molar-refractivity contribution in [1.82, 2.24) is 10.6 Å². The van der Waals surface area contributed by atoms with Crippen LogP contribution in [0.3, 0.4) is 0 Å². The monoisotopic (exact) mass is 204 g/mol. The molecule has 2 rings (SSSR count). The number of carbonyl (C=O) groups is 1. The van der Waals surface area contributed by atoms with Crippen molar-refractivity contribution in [1.29, 1.82) is 0 Å². The molecule has 1 heterocycles. The van der Waals surface area contributed by atoms with Gasteiger partial charge in [-0.2, -0.15) is 0 Å². The Morgan fingerprint density at radius 2 is 2.13 bits per heavy atom. The molecule has 1 fully saturated rings. The van der Waals surface area contributed by atoms with Crippen LogP contribution in [-0.2, 0) is 0 Å². The van der Waals surface area contributed by atoms with Crippen molar-refractivity contribution < 1.29 is 4.79 Å².